The summed E-state index contributed by atoms with van der Waals surface area (Å²) in [6.07, 6.45) is 4.20. The molecule has 31 heavy (non-hydrogen) atoms. The molecule has 5 heteroatoms. The van der Waals surface area contributed by atoms with Crippen molar-refractivity contribution in [1.82, 2.24) is 14.8 Å². The van der Waals surface area contributed by atoms with Crippen molar-refractivity contribution in [3.05, 3.63) is 71.4 Å². The SMILES string of the molecule is CCCCN1CC(=O)N2C(Cc3c([nH]c4ccccc34)C2CCc2ccccc2)C1=O. The molecule has 0 bridgehead atoms. The normalized spacial score (nSPS) is 20.8. The first kappa shape index (κ1) is 19.9. The summed E-state index contributed by atoms with van der Waals surface area (Å²) in [4.78, 5) is 34.0. The van der Waals surface area contributed by atoms with Gasteiger partial charge >= 0.3 is 0 Å². The second kappa shape index (κ2) is 8.22. The molecular weight excluding hydrogens is 386 g/mol. The Hall–Kier alpha value is -3.08. The Morgan fingerprint density at radius 1 is 1.03 bits per heavy atom. The number of hydrogen-bond acceptors (Lipinski definition) is 2. The molecule has 3 aromatic rings. The quantitative estimate of drug-likeness (QED) is 0.655. The molecule has 0 aliphatic carbocycles. The predicted octanol–water partition coefficient (Wildman–Crippen LogP) is 4.24. The van der Waals surface area contributed by atoms with E-state index in [-0.39, 0.29) is 24.4 Å². The number of piperazine rings is 1. The second-order valence-electron chi connectivity index (χ2n) is 8.74. The minimum atomic E-state index is -0.398. The summed E-state index contributed by atoms with van der Waals surface area (Å²) >= 11 is 0. The van der Waals surface area contributed by atoms with Gasteiger partial charge in [0.15, 0.2) is 0 Å². The van der Waals surface area contributed by atoms with Gasteiger partial charge in [-0.15, -0.1) is 0 Å². The van der Waals surface area contributed by atoms with Crippen LogP contribution in [0.4, 0.5) is 0 Å². The summed E-state index contributed by atoms with van der Waals surface area (Å²) in [7, 11) is 0. The van der Waals surface area contributed by atoms with Gasteiger partial charge in [0.25, 0.3) is 0 Å². The number of carbonyl (C=O) groups is 2. The molecule has 0 saturated carbocycles. The zero-order valence-corrected chi connectivity index (χ0v) is 18.0. The highest BCUT2D eigenvalue weighted by molar-refractivity contribution is 5.97. The molecule has 0 spiro atoms. The van der Waals surface area contributed by atoms with Crippen molar-refractivity contribution in [3.8, 4) is 0 Å². The summed E-state index contributed by atoms with van der Waals surface area (Å²) in [5.74, 6) is 0.178. The fourth-order valence-electron chi connectivity index (χ4n) is 5.23. The Bertz CT molecular complexity index is 1100. The van der Waals surface area contributed by atoms with Crippen LogP contribution >= 0.6 is 0 Å². The molecule has 2 aliphatic heterocycles. The number of carbonyl (C=O) groups excluding carboxylic acids is 2. The maximum absolute atomic E-state index is 13.4. The first-order chi connectivity index (χ1) is 15.2. The van der Waals surface area contributed by atoms with E-state index in [4.69, 9.17) is 0 Å². The number of amides is 2. The molecule has 2 unspecified atom stereocenters. The van der Waals surface area contributed by atoms with Gasteiger partial charge < -0.3 is 14.8 Å². The largest absolute Gasteiger partial charge is 0.356 e. The first-order valence-electron chi connectivity index (χ1n) is 11.4. The Kier molecular flexibility index (Phi) is 5.26. The molecule has 1 aromatic heterocycles. The number of rotatable bonds is 6. The molecule has 3 heterocycles. The summed E-state index contributed by atoms with van der Waals surface area (Å²) in [6.45, 7) is 2.98. The van der Waals surface area contributed by atoms with Gasteiger partial charge in [0.2, 0.25) is 11.8 Å². The summed E-state index contributed by atoms with van der Waals surface area (Å²) in [5, 5.41) is 1.17. The second-order valence-corrected chi connectivity index (χ2v) is 8.74. The molecule has 2 aliphatic rings. The number of nitrogens with one attached hydrogen (secondary N) is 1. The van der Waals surface area contributed by atoms with Crippen LogP contribution in [0.25, 0.3) is 10.9 Å². The number of unbranched alkanes of at least 4 members (excludes halogenated alkanes) is 1. The summed E-state index contributed by atoms with van der Waals surface area (Å²) in [5.41, 5.74) is 4.65. The number of H-pyrrole nitrogens is 1. The van der Waals surface area contributed by atoms with Gasteiger partial charge in [-0.2, -0.15) is 0 Å². The highest BCUT2D eigenvalue weighted by Gasteiger charge is 2.47. The smallest absolute Gasteiger partial charge is 0.246 e. The van der Waals surface area contributed by atoms with Crippen molar-refractivity contribution < 1.29 is 9.59 Å². The lowest BCUT2D eigenvalue weighted by atomic mass is 9.86. The van der Waals surface area contributed by atoms with Crippen LogP contribution in [0.2, 0.25) is 0 Å². The third-order valence-corrected chi connectivity index (χ3v) is 6.79. The third kappa shape index (κ3) is 3.52. The lowest BCUT2D eigenvalue weighted by Gasteiger charge is -2.47. The number of fused-ring (bicyclic) bond motifs is 4. The average molecular weight is 416 g/mol. The van der Waals surface area contributed by atoms with Gasteiger partial charge in [-0.3, -0.25) is 9.59 Å². The monoisotopic (exact) mass is 415 g/mol. The molecule has 1 fully saturated rings. The van der Waals surface area contributed by atoms with Crippen molar-refractivity contribution in [1.29, 1.82) is 0 Å². The number of benzene rings is 2. The molecule has 1 N–H and O–H groups in total. The van der Waals surface area contributed by atoms with E-state index in [9.17, 15) is 9.59 Å². The average Bonchev–Trinajstić information content (AvgIpc) is 3.17. The predicted molar refractivity (Wildman–Crippen MR) is 122 cm³/mol. The van der Waals surface area contributed by atoms with E-state index in [1.165, 1.54) is 16.5 Å². The zero-order chi connectivity index (χ0) is 21.4. The first-order valence-corrected chi connectivity index (χ1v) is 11.4. The molecule has 2 aromatic carbocycles. The highest BCUT2D eigenvalue weighted by Crippen LogP contribution is 2.41. The van der Waals surface area contributed by atoms with E-state index >= 15 is 0 Å². The topological polar surface area (TPSA) is 56.4 Å². The minimum absolute atomic E-state index is 0.0723. The maximum atomic E-state index is 13.4. The molecule has 2 amide bonds. The van der Waals surface area contributed by atoms with Crippen molar-refractivity contribution in [2.75, 3.05) is 13.1 Å². The van der Waals surface area contributed by atoms with Gasteiger partial charge in [-0.1, -0.05) is 61.9 Å². The van der Waals surface area contributed by atoms with Crippen LogP contribution in [-0.4, -0.2) is 45.7 Å². The Morgan fingerprint density at radius 2 is 1.81 bits per heavy atom. The van der Waals surface area contributed by atoms with Crippen LogP contribution in [0.1, 0.15) is 49.0 Å². The zero-order valence-electron chi connectivity index (χ0n) is 18.0. The highest BCUT2D eigenvalue weighted by atomic mass is 16.2. The lowest BCUT2D eigenvalue weighted by Crippen LogP contribution is -2.63. The standard InChI is InChI=1S/C26H29N3O2/c1-2-3-15-28-17-24(30)29-22(14-13-18-9-5-4-6-10-18)25-20(16-23(29)26(28)31)19-11-7-8-12-21(19)27-25/h4-12,22-23,27H,2-3,13-17H2,1H3. The molecule has 160 valence electrons. The molecular formula is C26H29N3O2. The van der Waals surface area contributed by atoms with Crippen molar-refractivity contribution in [2.45, 2.75) is 51.1 Å². The number of aromatic nitrogens is 1. The fourth-order valence-corrected chi connectivity index (χ4v) is 5.23. The van der Waals surface area contributed by atoms with Crippen LogP contribution in [0.3, 0.4) is 0 Å². The van der Waals surface area contributed by atoms with Gasteiger partial charge in [-0.25, -0.2) is 0 Å². The van der Waals surface area contributed by atoms with Crippen molar-refractivity contribution in [2.24, 2.45) is 0 Å². The minimum Gasteiger partial charge on any atom is -0.356 e. The number of hydrogen-bond donors (Lipinski definition) is 1. The van der Waals surface area contributed by atoms with Crippen LogP contribution < -0.4 is 0 Å². The van der Waals surface area contributed by atoms with Crippen LogP contribution in [0, 0.1) is 0 Å². The van der Waals surface area contributed by atoms with E-state index in [0.29, 0.717) is 13.0 Å². The van der Waals surface area contributed by atoms with E-state index in [0.717, 1.165) is 36.9 Å². The summed E-state index contributed by atoms with van der Waals surface area (Å²) < 4.78 is 0. The van der Waals surface area contributed by atoms with E-state index in [1.807, 2.05) is 23.1 Å². The van der Waals surface area contributed by atoms with Crippen LogP contribution in [0.15, 0.2) is 54.6 Å². The molecule has 5 nitrogen and oxygen atoms in total. The molecule has 2 atom stereocenters. The Labute approximate surface area is 183 Å². The molecule has 5 rings (SSSR count). The van der Waals surface area contributed by atoms with E-state index < -0.39 is 6.04 Å². The maximum Gasteiger partial charge on any atom is 0.246 e. The van der Waals surface area contributed by atoms with Gasteiger partial charge in [-0.05, 0) is 36.5 Å². The third-order valence-electron chi connectivity index (χ3n) is 6.79. The van der Waals surface area contributed by atoms with Gasteiger partial charge in [0.1, 0.15) is 6.04 Å². The number of aromatic amines is 1. The van der Waals surface area contributed by atoms with E-state index in [1.54, 1.807) is 4.90 Å². The van der Waals surface area contributed by atoms with Gasteiger partial charge in [0, 0.05) is 29.6 Å². The van der Waals surface area contributed by atoms with Gasteiger partial charge in [0.05, 0.1) is 12.6 Å². The molecule has 1 saturated heterocycles. The van der Waals surface area contributed by atoms with Crippen LogP contribution in [-0.2, 0) is 22.4 Å². The van der Waals surface area contributed by atoms with Crippen molar-refractivity contribution in [3.63, 3.8) is 0 Å². The lowest BCUT2D eigenvalue weighted by molar-refractivity contribution is -0.159. The Morgan fingerprint density at radius 3 is 2.61 bits per heavy atom. The Balaban J connectivity index is 1.53. The van der Waals surface area contributed by atoms with Crippen LogP contribution in [0.5, 0.6) is 0 Å². The molecule has 0 radical (unpaired) electrons. The number of aryl methyl sites for hydroxylation is 1. The van der Waals surface area contributed by atoms with Crippen molar-refractivity contribution >= 4 is 22.7 Å². The number of para-hydroxylation sites is 1. The summed E-state index contributed by atoms with van der Waals surface area (Å²) in [6, 6.07) is 18.1. The fraction of sp³-hybridized carbons (Fsp3) is 0.385. The number of nitrogens with zero attached hydrogens (tertiary/aromatic N) is 2. The van der Waals surface area contributed by atoms with E-state index in [2.05, 4.69) is 48.3 Å².